The number of allylic oxidation sites excluding steroid dienone is 1. The number of carboxylic acids is 1. The molecule has 0 unspecified atom stereocenters. The second kappa shape index (κ2) is 3.73. The fraction of sp³-hybridized carbons (Fsp3) is 0.600. The van der Waals surface area contributed by atoms with Crippen LogP contribution in [0.5, 0.6) is 0 Å². The molecule has 0 amide bonds. The van der Waals surface area contributed by atoms with E-state index in [-0.39, 0.29) is 11.4 Å². The van der Waals surface area contributed by atoms with Crippen LogP contribution in [0.3, 0.4) is 0 Å². The monoisotopic (exact) mass is 182 g/mol. The first-order valence-corrected chi connectivity index (χ1v) is 4.48. The zero-order valence-electron chi connectivity index (χ0n) is 7.96. The highest BCUT2D eigenvalue weighted by molar-refractivity contribution is 6.03. The minimum absolute atomic E-state index is 0.0126. The van der Waals surface area contributed by atoms with Crippen molar-refractivity contribution in [1.29, 1.82) is 0 Å². The third-order valence-corrected chi connectivity index (χ3v) is 2.53. The molecule has 1 fully saturated rings. The zero-order valence-corrected chi connectivity index (χ0v) is 7.96. The van der Waals surface area contributed by atoms with E-state index in [0.29, 0.717) is 24.3 Å². The van der Waals surface area contributed by atoms with E-state index in [0.717, 1.165) is 6.42 Å². The maximum absolute atomic E-state index is 11.4. The molecule has 1 atom stereocenters. The first kappa shape index (κ1) is 9.96. The van der Waals surface area contributed by atoms with Crippen molar-refractivity contribution < 1.29 is 14.7 Å². The van der Waals surface area contributed by atoms with Gasteiger partial charge in [-0.15, -0.1) is 0 Å². The number of carbonyl (C=O) groups excluding carboxylic acids is 1. The largest absolute Gasteiger partial charge is 0.478 e. The maximum atomic E-state index is 11.4. The van der Waals surface area contributed by atoms with Gasteiger partial charge in [-0.1, -0.05) is 6.92 Å². The molecule has 3 nitrogen and oxygen atoms in total. The molecule has 0 saturated heterocycles. The predicted octanol–water partition coefficient (Wildman–Crippen LogP) is 1.78. The van der Waals surface area contributed by atoms with Crippen LogP contribution in [-0.2, 0) is 9.59 Å². The van der Waals surface area contributed by atoms with E-state index in [9.17, 15) is 9.59 Å². The van der Waals surface area contributed by atoms with Crippen molar-refractivity contribution in [2.24, 2.45) is 5.92 Å². The van der Waals surface area contributed by atoms with Gasteiger partial charge in [-0.25, -0.2) is 4.79 Å². The lowest BCUT2D eigenvalue weighted by Gasteiger charge is -2.19. The van der Waals surface area contributed by atoms with Crippen LogP contribution in [0.1, 0.15) is 33.1 Å². The van der Waals surface area contributed by atoms with Gasteiger partial charge in [-0.3, -0.25) is 4.79 Å². The van der Waals surface area contributed by atoms with Crippen molar-refractivity contribution in [2.45, 2.75) is 33.1 Å². The van der Waals surface area contributed by atoms with Crippen molar-refractivity contribution in [1.82, 2.24) is 0 Å². The molecule has 1 N–H and O–H groups in total. The standard InChI is InChI=1S/C10H14O3/c1-6-3-4-8(9(11)5-6)7(2)10(12)13/h6H,3-5H2,1-2H3,(H,12,13)/b8-7-/t6-/m1/s1. The summed E-state index contributed by atoms with van der Waals surface area (Å²) in [5, 5.41) is 8.71. The lowest BCUT2D eigenvalue weighted by molar-refractivity contribution is -0.133. The molecule has 0 bridgehead atoms. The number of hydrogen-bond donors (Lipinski definition) is 1. The van der Waals surface area contributed by atoms with Gasteiger partial charge < -0.3 is 5.11 Å². The minimum Gasteiger partial charge on any atom is -0.478 e. The summed E-state index contributed by atoms with van der Waals surface area (Å²) in [6, 6.07) is 0. The highest BCUT2D eigenvalue weighted by Crippen LogP contribution is 2.27. The molecule has 1 aliphatic rings. The van der Waals surface area contributed by atoms with E-state index in [4.69, 9.17) is 5.11 Å². The third-order valence-electron chi connectivity index (χ3n) is 2.53. The Morgan fingerprint density at radius 3 is 2.62 bits per heavy atom. The molecule has 0 aliphatic heterocycles. The first-order chi connectivity index (χ1) is 6.02. The van der Waals surface area contributed by atoms with Gasteiger partial charge in [-0.05, 0) is 25.7 Å². The predicted molar refractivity (Wildman–Crippen MR) is 48.4 cm³/mol. The SMILES string of the molecule is C/C(C(=O)O)=C1\CC[C@@H](C)CC1=O. The average molecular weight is 182 g/mol. The van der Waals surface area contributed by atoms with Gasteiger partial charge in [0.1, 0.15) is 0 Å². The second-order valence-electron chi connectivity index (χ2n) is 3.68. The average Bonchev–Trinajstić information content (AvgIpc) is 2.03. The quantitative estimate of drug-likeness (QED) is 0.629. The molecule has 72 valence electrons. The molecule has 1 saturated carbocycles. The summed E-state index contributed by atoms with van der Waals surface area (Å²) in [6.07, 6.45) is 2.05. The Hall–Kier alpha value is -1.12. The summed E-state index contributed by atoms with van der Waals surface area (Å²) in [5.74, 6) is -0.561. The minimum atomic E-state index is -0.974. The van der Waals surface area contributed by atoms with Crippen LogP contribution in [0.25, 0.3) is 0 Å². The Labute approximate surface area is 77.4 Å². The van der Waals surface area contributed by atoms with Crippen molar-refractivity contribution >= 4 is 11.8 Å². The third kappa shape index (κ3) is 2.17. The highest BCUT2D eigenvalue weighted by Gasteiger charge is 2.23. The topological polar surface area (TPSA) is 54.4 Å². The van der Waals surface area contributed by atoms with Gasteiger partial charge in [-0.2, -0.15) is 0 Å². The lowest BCUT2D eigenvalue weighted by atomic mass is 9.84. The van der Waals surface area contributed by atoms with Gasteiger partial charge in [0.2, 0.25) is 0 Å². The molecule has 0 heterocycles. The van der Waals surface area contributed by atoms with Gasteiger partial charge in [0.15, 0.2) is 5.78 Å². The van der Waals surface area contributed by atoms with Gasteiger partial charge in [0.05, 0.1) is 0 Å². The summed E-state index contributed by atoms with van der Waals surface area (Å²) in [7, 11) is 0. The van der Waals surface area contributed by atoms with Gasteiger partial charge in [0.25, 0.3) is 0 Å². The summed E-state index contributed by atoms with van der Waals surface area (Å²) < 4.78 is 0. The van der Waals surface area contributed by atoms with E-state index >= 15 is 0 Å². The van der Waals surface area contributed by atoms with E-state index < -0.39 is 5.97 Å². The lowest BCUT2D eigenvalue weighted by Crippen LogP contribution is -2.18. The van der Waals surface area contributed by atoms with E-state index in [1.807, 2.05) is 6.92 Å². The molecule has 0 aromatic heterocycles. The maximum Gasteiger partial charge on any atom is 0.331 e. The number of carbonyl (C=O) groups is 2. The molecular weight excluding hydrogens is 168 g/mol. The number of carboxylic acid groups (broad SMARTS) is 1. The summed E-state index contributed by atoms with van der Waals surface area (Å²) in [5.41, 5.74) is 0.738. The fourth-order valence-corrected chi connectivity index (χ4v) is 1.60. The van der Waals surface area contributed by atoms with E-state index in [1.54, 1.807) is 0 Å². The molecule has 0 radical (unpaired) electrons. The molecule has 0 spiro atoms. The molecule has 1 rings (SSSR count). The Morgan fingerprint density at radius 2 is 2.15 bits per heavy atom. The van der Waals surface area contributed by atoms with Crippen LogP contribution < -0.4 is 0 Å². The van der Waals surface area contributed by atoms with Gasteiger partial charge >= 0.3 is 5.97 Å². The molecule has 13 heavy (non-hydrogen) atoms. The number of rotatable bonds is 1. The van der Waals surface area contributed by atoms with Crippen molar-refractivity contribution in [3.8, 4) is 0 Å². The van der Waals surface area contributed by atoms with Crippen molar-refractivity contribution in [2.75, 3.05) is 0 Å². The van der Waals surface area contributed by atoms with Crippen LogP contribution >= 0.6 is 0 Å². The Kier molecular flexibility index (Phi) is 2.86. The number of hydrogen-bond acceptors (Lipinski definition) is 2. The first-order valence-electron chi connectivity index (χ1n) is 4.48. The van der Waals surface area contributed by atoms with Crippen LogP contribution in [0, 0.1) is 5.92 Å². The summed E-state index contributed by atoms with van der Waals surface area (Å²) in [6.45, 7) is 3.52. The fourth-order valence-electron chi connectivity index (χ4n) is 1.60. The van der Waals surface area contributed by atoms with E-state index in [1.165, 1.54) is 6.92 Å². The molecule has 1 aliphatic carbocycles. The summed E-state index contributed by atoms with van der Waals surface area (Å²) in [4.78, 5) is 22.0. The number of aliphatic carboxylic acids is 1. The summed E-state index contributed by atoms with van der Waals surface area (Å²) >= 11 is 0. The zero-order chi connectivity index (χ0) is 10.0. The van der Waals surface area contributed by atoms with Crippen LogP contribution in [0.15, 0.2) is 11.1 Å². The number of ketones is 1. The highest BCUT2D eigenvalue weighted by atomic mass is 16.4. The van der Waals surface area contributed by atoms with Gasteiger partial charge in [0, 0.05) is 17.6 Å². The van der Waals surface area contributed by atoms with Crippen LogP contribution in [0.4, 0.5) is 0 Å². The van der Waals surface area contributed by atoms with Crippen LogP contribution in [0.2, 0.25) is 0 Å². The number of Topliss-reactive ketones (excluding diaryl/α,β-unsaturated/α-hetero) is 1. The molecular formula is C10H14O3. The van der Waals surface area contributed by atoms with E-state index in [2.05, 4.69) is 0 Å². The van der Waals surface area contributed by atoms with Crippen LogP contribution in [-0.4, -0.2) is 16.9 Å². The Balaban J connectivity index is 2.88. The molecule has 0 aromatic carbocycles. The Bertz CT molecular complexity index is 276. The normalized spacial score (nSPS) is 27.2. The smallest absolute Gasteiger partial charge is 0.331 e. The Morgan fingerprint density at radius 1 is 1.54 bits per heavy atom. The second-order valence-corrected chi connectivity index (χ2v) is 3.68. The molecule has 0 aromatic rings. The molecule has 3 heteroatoms. The van der Waals surface area contributed by atoms with Crippen molar-refractivity contribution in [3.63, 3.8) is 0 Å². The van der Waals surface area contributed by atoms with Crippen molar-refractivity contribution in [3.05, 3.63) is 11.1 Å².